The van der Waals surface area contributed by atoms with Gasteiger partial charge in [-0.3, -0.25) is 0 Å². The smallest absolute Gasteiger partial charge is 0.206 e. The molecule has 0 bridgehead atoms. The van der Waals surface area contributed by atoms with Gasteiger partial charge in [-0.1, -0.05) is 28.1 Å². The maximum atomic E-state index is 9.02. The fraction of sp³-hybridized carbons (Fsp3) is 0.222. The van der Waals surface area contributed by atoms with Gasteiger partial charge in [0.2, 0.25) is 5.89 Å². The van der Waals surface area contributed by atoms with E-state index >= 15 is 0 Å². The molecule has 0 saturated carbocycles. The lowest BCUT2D eigenvalue weighted by Crippen LogP contribution is -1.81. The van der Waals surface area contributed by atoms with Crippen LogP contribution in [0.3, 0.4) is 0 Å². The lowest BCUT2D eigenvalue weighted by atomic mass is 10.2. The Kier molecular flexibility index (Phi) is 2.33. The molecule has 4 heteroatoms. The summed E-state index contributed by atoms with van der Waals surface area (Å²) >= 11 is 3.26. The molecule has 0 atom stereocenters. The van der Waals surface area contributed by atoms with Gasteiger partial charge in [-0.2, -0.15) is 0 Å². The van der Waals surface area contributed by atoms with Crippen molar-refractivity contribution in [2.75, 3.05) is 0 Å². The van der Waals surface area contributed by atoms with E-state index < -0.39 is 0 Å². The molecule has 2 rings (SSSR count). The van der Waals surface area contributed by atoms with Gasteiger partial charge in [0.15, 0.2) is 5.58 Å². The zero-order valence-electron chi connectivity index (χ0n) is 6.83. The van der Waals surface area contributed by atoms with E-state index in [1.54, 1.807) is 0 Å². The van der Waals surface area contributed by atoms with Crippen LogP contribution in [0.1, 0.15) is 11.5 Å². The normalized spacial score (nSPS) is 10.9. The molecule has 0 fully saturated rings. The maximum Gasteiger partial charge on any atom is 0.206 e. The Bertz CT molecular complexity index is 424. The molecular weight excluding hydrogens is 234 g/mol. The van der Waals surface area contributed by atoms with Crippen LogP contribution in [0.2, 0.25) is 0 Å². The van der Waals surface area contributed by atoms with E-state index in [1.165, 1.54) is 0 Å². The van der Waals surface area contributed by atoms with E-state index in [-0.39, 0.29) is 6.61 Å². The highest BCUT2D eigenvalue weighted by Gasteiger charge is 2.07. The summed E-state index contributed by atoms with van der Waals surface area (Å²) in [6.45, 7) is -0.0196. The van der Waals surface area contributed by atoms with E-state index in [0.29, 0.717) is 16.8 Å². The Morgan fingerprint density at radius 3 is 3.00 bits per heavy atom. The van der Waals surface area contributed by atoms with Gasteiger partial charge in [0.1, 0.15) is 5.52 Å². The zero-order chi connectivity index (χ0) is 9.26. The van der Waals surface area contributed by atoms with Gasteiger partial charge in [-0.25, -0.2) is 4.98 Å². The van der Waals surface area contributed by atoms with Crippen molar-refractivity contribution in [2.24, 2.45) is 0 Å². The number of nitrogens with zero attached hydrogens (tertiary/aromatic N) is 1. The Balaban J connectivity index is 2.67. The third kappa shape index (κ3) is 1.47. The van der Waals surface area contributed by atoms with Crippen molar-refractivity contribution in [2.45, 2.75) is 11.9 Å². The van der Waals surface area contributed by atoms with Crippen molar-refractivity contribution in [1.82, 2.24) is 4.98 Å². The number of alkyl halides is 1. The quantitative estimate of drug-likeness (QED) is 0.821. The van der Waals surface area contributed by atoms with Gasteiger partial charge in [-0.15, -0.1) is 0 Å². The molecule has 0 amide bonds. The van der Waals surface area contributed by atoms with E-state index in [2.05, 4.69) is 20.9 Å². The van der Waals surface area contributed by atoms with Crippen LogP contribution in [0, 0.1) is 0 Å². The molecule has 1 aromatic heterocycles. The summed E-state index contributed by atoms with van der Waals surface area (Å²) in [5.74, 6) is 0.635. The van der Waals surface area contributed by atoms with Crippen LogP contribution in [0.15, 0.2) is 22.6 Å². The predicted molar refractivity (Wildman–Crippen MR) is 52.6 cm³/mol. The summed E-state index contributed by atoms with van der Waals surface area (Å²) in [5, 5.41) is 9.61. The van der Waals surface area contributed by atoms with Gasteiger partial charge >= 0.3 is 0 Å². The molecule has 2 aromatic rings. The molecule has 0 unspecified atom stereocenters. The summed E-state index contributed by atoms with van der Waals surface area (Å²) in [6, 6.07) is 5.55. The first-order valence-electron chi connectivity index (χ1n) is 3.89. The number of aromatic nitrogens is 1. The van der Waals surface area contributed by atoms with E-state index in [4.69, 9.17) is 9.52 Å². The standard InChI is InChI=1S/C9H8BrNO2/c10-4-8-11-7-3-1-2-6(5-12)9(7)13-8/h1-3,12H,4-5H2. The van der Waals surface area contributed by atoms with Crippen molar-refractivity contribution >= 4 is 27.0 Å². The van der Waals surface area contributed by atoms with Gasteiger partial charge in [0, 0.05) is 5.56 Å². The number of rotatable bonds is 2. The van der Waals surface area contributed by atoms with Gasteiger partial charge in [0.25, 0.3) is 0 Å². The van der Waals surface area contributed by atoms with Crippen LogP contribution in [-0.4, -0.2) is 10.1 Å². The molecule has 68 valence electrons. The molecule has 0 spiro atoms. The number of halogens is 1. The highest BCUT2D eigenvalue weighted by molar-refractivity contribution is 9.08. The van der Waals surface area contributed by atoms with Crippen LogP contribution in [0.4, 0.5) is 0 Å². The monoisotopic (exact) mass is 241 g/mol. The topological polar surface area (TPSA) is 46.3 Å². The number of aliphatic hydroxyl groups excluding tert-OH is 1. The number of aliphatic hydroxyl groups is 1. The predicted octanol–water partition coefficient (Wildman–Crippen LogP) is 2.21. The third-order valence-electron chi connectivity index (χ3n) is 1.83. The zero-order valence-corrected chi connectivity index (χ0v) is 8.41. The number of para-hydroxylation sites is 1. The molecule has 0 aliphatic carbocycles. The highest BCUT2D eigenvalue weighted by Crippen LogP contribution is 2.20. The number of hydrogen-bond donors (Lipinski definition) is 1. The van der Waals surface area contributed by atoms with Crippen LogP contribution in [0.25, 0.3) is 11.1 Å². The molecule has 13 heavy (non-hydrogen) atoms. The Morgan fingerprint density at radius 1 is 1.46 bits per heavy atom. The minimum Gasteiger partial charge on any atom is -0.439 e. The first kappa shape index (κ1) is 8.72. The van der Waals surface area contributed by atoms with Crippen LogP contribution in [-0.2, 0) is 11.9 Å². The molecule has 3 nitrogen and oxygen atoms in total. The fourth-order valence-electron chi connectivity index (χ4n) is 1.23. The second kappa shape index (κ2) is 3.47. The number of hydrogen-bond acceptors (Lipinski definition) is 3. The van der Waals surface area contributed by atoms with Crippen molar-refractivity contribution < 1.29 is 9.52 Å². The molecule has 0 aliphatic heterocycles. The Labute approximate surface area is 83.5 Å². The molecule has 0 saturated heterocycles. The van der Waals surface area contributed by atoms with Crippen molar-refractivity contribution in [3.8, 4) is 0 Å². The number of oxazole rings is 1. The summed E-state index contributed by atoms with van der Waals surface area (Å²) in [4.78, 5) is 4.22. The Morgan fingerprint density at radius 2 is 2.31 bits per heavy atom. The number of benzene rings is 1. The lowest BCUT2D eigenvalue weighted by Gasteiger charge is -1.93. The van der Waals surface area contributed by atoms with Crippen LogP contribution in [0.5, 0.6) is 0 Å². The average Bonchev–Trinajstić information content (AvgIpc) is 2.59. The van der Waals surface area contributed by atoms with Crippen LogP contribution >= 0.6 is 15.9 Å². The van der Waals surface area contributed by atoms with E-state index in [0.717, 1.165) is 11.1 Å². The summed E-state index contributed by atoms with van der Waals surface area (Å²) in [7, 11) is 0. The van der Waals surface area contributed by atoms with Gasteiger partial charge in [-0.05, 0) is 6.07 Å². The fourth-order valence-corrected chi connectivity index (χ4v) is 1.47. The highest BCUT2D eigenvalue weighted by atomic mass is 79.9. The Hall–Kier alpha value is -0.870. The molecule has 1 heterocycles. The average molecular weight is 242 g/mol. The molecule has 1 aromatic carbocycles. The van der Waals surface area contributed by atoms with E-state index in [9.17, 15) is 0 Å². The second-order valence-corrected chi connectivity index (χ2v) is 3.23. The van der Waals surface area contributed by atoms with Crippen LogP contribution < -0.4 is 0 Å². The summed E-state index contributed by atoms with van der Waals surface area (Å²) in [5.41, 5.74) is 2.25. The molecule has 0 aliphatic rings. The first-order chi connectivity index (χ1) is 6.35. The van der Waals surface area contributed by atoms with Crippen molar-refractivity contribution in [1.29, 1.82) is 0 Å². The first-order valence-corrected chi connectivity index (χ1v) is 5.01. The third-order valence-corrected chi connectivity index (χ3v) is 2.31. The minimum atomic E-state index is -0.0196. The van der Waals surface area contributed by atoms with Gasteiger partial charge < -0.3 is 9.52 Å². The molecule has 0 radical (unpaired) electrons. The minimum absolute atomic E-state index is 0.0196. The lowest BCUT2D eigenvalue weighted by molar-refractivity contribution is 0.281. The number of fused-ring (bicyclic) bond motifs is 1. The van der Waals surface area contributed by atoms with Crippen molar-refractivity contribution in [3.63, 3.8) is 0 Å². The summed E-state index contributed by atoms with van der Waals surface area (Å²) < 4.78 is 5.42. The van der Waals surface area contributed by atoms with Crippen molar-refractivity contribution in [3.05, 3.63) is 29.7 Å². The summed E-state index contributed by atoms with van der Waals surface area (Å²) in [6.07, 6.45) is 0. The second-order valence-electron chi connectivity index (χ2n) is 2.66. The SMILES string of the molecule is OCc1cccc2nc(CBr)oc12. The molecular formula is C9H8BrNO2. The van der Waals surface area contributed by atoms with Gasteiger partial charge in [0.05, 0.1) is 11.9 Å². The van der Waals surface area contributed by atoms with E-state index in [1.807, 2.05) is 18.2 Å². The maximum absolute atomic E-state index is 9.02. The molecule has 1 N–H and O–H groups in total. The largest absolute Gasteiger partial charge is 0.439 e.